The third kappa shape index (κ3) is 2.81. The molecule has 0 aromatic carbocycles. The molecule has 1 aliphatic carbocycles. The quantitative estimate of drug-likeness (QED) is 0.603. The van der Waals surface area contributed by atoms with Gasteiger partial charge in [-0.1, -0.05) is 12.1 Å². The van der Waals surface area contributed by atoms with Crippen LogP contribution in [0.4, 0.5) is 0 Å². The molecule has 0 aliphatic heterocycles. The molecule has 7 heteroatoms. The van der Waals surface area contributed by atoms with E-state index in [-0.39, 0.29) is 18.6 Å². The number of esters is 2. The molecule has 0 bridgehead atoms. The summed E-state index contributed by atoms with van der Waals surface area (Å²) in [6.45, 7) is 0. The molecule has 132 valence electrons. The molecule has 0 saturated heterocycles. The highest BCUT2D eigenvalue weighted by Gasteiger charge is 2.63. The van der Waals surface area contributed by atoms with Crippen molar-refractivity contribution in [2.24, 2.45) is 5.41 Å². The normalized spacial score (nSPS) is 22.4. The lowest BCUT2D eigenvalue weighted by atomic mass is 9.58. The van der Waals surface area contributed by atoms with Crippen LogP contribution in [0.5, 0.6) is 0 Å². The van der Waals surface area contributed by atoms with Crippen LogP contribution in [0.1, 0.15) is 34.4 Å². The first-order valence-electron chi connectivity index (χ1n) is 7.81. The first kappa shape index (κ1) is 17.8. The molecular formula is C18H18O5S2. The van der Waals surface area contributed by atoms with Gasteiger partial charge in [-0.3, -0.25) is 14.4 Å². The number of rotatable bonds is 4. The molecule has 0 N–H and O–H groups in total. The second-order valence-corrected chi connectivity index (χ2v) is 7.89. The molecule has 0 radical (unpaired) electrons. The van der Waals surface area contributed by atoms with Gasteiger partial charge in [0.2, 0.25) is 0 Å². The van der Waals surface area contributed by atoms with Crippen molar-refractivity contribution in [3.8, 4) is 0 Å². The molecule has 2 atom stereocenters. The van der Waals surface area contributed by atoms with Crippen LogP contribution in [0.2, 0.25) is 0 Å². The highest BCUT2D eigenvalue weighted by atomic mass is 32.1. The zero-order chi connectivity index (χ0) is 18.0. The van der Waals surface area contributed by atoms with Crippen LogP contribution in [0.15, 0.2) is 35.0 Å². The molecule has 0 spiro atoms. The summed E-state index contributed by atoms with van der Waals surface area (Å²) in [4.78, 5) is 40.1. The fourth-order valence-electron chi connectivity index (χ4n) is 3.72. The molecule has 0 amide bonds. The van der Waals surface area contributed by atoms with Gasteiger partial charge in [0.1, 0.15) is 5.78 Å². The molecular weight excluding hydrogens is 360 g/mol. The Balaban J connectivity index is 2.26. The predicted octanol–water partition coefficient (Wildman–Crippen LogP) is 3.37. The molecule has 2 heterocycles. The minimum absolute atomic E-state index is 0.0280. The van der Waals surface area contributed by atoms with Crippen molar-refractivity contribution in [3.05, 3.63) is 44.8 Å². The largest absolute Gasteiger partial charge is 0.468 e. The molecule has 1 fully saturated rings. The molecule has 5 nitrogen and oxygen atoms in total. The van der Waals surface area contributed by atoms with Crippen LogP contribution in [-0.4, -0.2) is 31.9 Å². The van der Waals surface area contributed by atoms with Crippen LogP contribution in [-0.2, 0) is 23.9 Å². The molecule has 2 unspecified atom stereocenters. The van der Waals surface area contributed by atoms with Gasteiger partial charge in [0.05, 0.1) is 14.2 Å². The van der Waals surface area contributed by atoms with Crippen molar-refractivity contribution in [2.45, 2.75) is 24.7 Å². The van der Waals surface area contributed by atoms with Gasteiger partial charge in [0.15, 0.2) is 5.41 Å². The summed E-state index contributed by atoms with van der Waals surface area (Å²) in [7, 11) is 2.53. The lowest BCUT2D eigenvalue weighted by Crippen LogP contribution is -2.53. The number of hydrogen-bond acceptors (Lipinski definition) is 7. The number of thiophene rings is 2. The van der Waals surface area contributed by atoms with Crippen molar-refractivity contribution in [3.63, 3.8) is 0 Å². The average molecular weight is 378 g/mol. The van der Waals surface area contributed by atoms with E-state index >= 15 is 0 Å². The van der Waals surface area contributed by atoms with E-state index in [2.05, 4.69) is 0 Å². The van der Waals surface area contributed by atoms with E-state index in [4.69, 9.17) is 9.47 Å². The van der Waals surface area contributed by atoms with E-state index in [1.54, 1.807) is 0 Å². The fourth-order valence-corrected chi connectivity index (χ4v) is 5.53. The third-order valence-corrected chi connectivity index (χ3v) is 6.75. The van der Waals surface area contributed by atoms with Crippen molar-refractivity contribution in [1.82, 2.24) is 0 Å². The Labute approximate surface area is 153 Å². The van der Waals surface area contributed by atoms with Crippen molar-refractivity contribution in [2.75, 3.05) is 14.2 Å². The van der Waals surface area contributed by atoms with E-state index < -0.39 is 29.2 Å². The molecule has 25 heavy (non-hydrogen) atoms. The number of carbonyl (C=O) groups is 3. The monoisotopic (exact) mass is 378 g/mol. The summed E-state index contributed by atoms with van der Waals surface area (Å²) >= 11 is 2.85. The highest BCUT2D eigenvalue weighted by Crippen LogP contribution is 2.56. The minimum Gasteiger partial charge on any atom is -0.468 e. The minimum atomic E-state index is -1.56. The smallest absolute Gasteiger partial charge is 0.324 e. The number of Topliss-reactive ketones (excluding diaryl/α,β-unsaturated/α-hetero) is 1. The van der Waals surface area contributed by atoms with Crippen LogP contribution in [0, 0.1) is 5.41 Å². The van der Waals surface area contributed by atoms with E-state index in [0.29, 0.717) is 0 Å². The van der Waals surface area contributed by atoms with Gasteiger partial charge in [0, 0.05) is 34.4 Å². The maximum atomic E-state index is 13.0. The predicted molar refractivity (Wildman–Crippen MR) is 94.8 cm³/mol. The number of hydrogen-bond donors (Lipinski definition) is 0. The number of ether oxygens (including phenoxy) is 2. The molecule has 1 saturated carbocycles. The molecule has 1 aliphatic rings. The fraction of sp³-hybridized carbons (Fsp3) is 0.389. The number of ketones is 1. The number of carbonyl (C=O) groups excluding carboxylic acids is 3. The van der Waals surface area contributed by atoms with Gasteiger partial charge in [-0.2, -0.15) is 0 Å². The lowest BCUT2D eigenvalue weighted by molar-refractivity contribution is -0.175. The molecule has 3 rings (SSSR count). The van der Waals surface area contributed by atoms with Crippen molar-refractivity contribution < 1.29 is 23.9 Å². The van der Waals surface area contributed by atoms with Crippen molar-refractivity contribution in [1.29, 1.82) is 0 Å². The third-order valence-electron chi connectivity index (χ3n) is 4.78. The van der Waals surface area contributed by atoms with E-state index in [1.807, 2.05) is 35.0 Å². The maximum Gasteiger partial charge on any atom is 0.324 e. The summed E-state index contributed by atoms with van der Waals surface area (Å²) in [5.74, 6) is -2.46. The average Bonchev–Trinajstić information content (AvgIpc) is 3.33. The van der Waals surface area contributed by atoms with Gasteiger partial charge in [0.25, 0.3) is 0 Å². The Morgan fingerprint density at radius 2 is 1.40 bits per heavy atom. The Hall–Kier alpha value is -1.99. The lowest BCUT2D eigenvalue weighted by Gasteiger charge is -2.43. The topological polar surface area (TPSA) is 69.7 Å². The van der Waals surface area contributed by atoms with Crippen LogP contribution in [0.3, 0.4) is 0 Å². The maximum absolute atomic E-state index is 13.0. The van der Waals surface area contributed by atoms with E-state index in [9.17, 15) is 14.4 Å². The van der Waals surface area contributed by atoms with Crippen LogP contribution < -0.4 is 0 Å². The van der Waals surface area contributed by atoms with Crippen LogP contribution >= 0.6 is 22.7 Å². The standard InChI is InChI=1S/C18H18O5S2/c1-22-16(20)18(17(21)23-2)12(14-5-3-7-24-14)9-11(19)10-13(18)15-6-4-8-25-15/h3-8,12-13H,9-10H2,1-2H3. The Kier molecular flexibility index (Phi) is 5.06. The van der Waals surface area contributed by atoms with E-state index in [0.717, 1.165) is 9.75 Å². The summed E-state index contributed by atoms with van der Waals surface area (Å²) in [5, 5.41) is 3.74. The molecule has 2 aromatic rings. The van der Waals surface area contributed by atoms with Gasteiger partial charge >= 0.3 is 11.9 Å². The Morgan fingerprint density at radius 3 is 1.72 bits per heavy atom. The summed E-state index contributed by atoms with van der Waals surface area (Å²) in [6, 6.07) is 7.39. The Bertz CT molecular complexity index is 699. The number of methoxy groups -OCH3 is 2. The van der Waals surface area contributed by atoms with Gasteiger partial charge in [-0.25, -0.2) is 0 Å². The zero-order valence-corrected chi connectivity index (χ0v) is 15.5. The summed E-state index contributed by atoms with van der Waals surface area (Å²) in [6.07, 6.45) is 0.235. The first-order valence-corrected chi connectivity index (χ1v) is 9.57. The van der Waals surface area contributed by atoms with Crippen molar-refractivity contribution >= 4 is 40.4 Å². The second-order valence-electron chi connectivity index (χ2n) is 5.94. The van der Waals surface area contributed by atoms with Gasteiger partial charge in [-0.05, 0) is 22.9 Å². The zero-order valence-electron chi connectivity index (χ0n) is 13.9. The van der Waals surface area contributed by atoms with Gasteiger partial charge < -0.3 is 9.47 Å². The van der Waals surface area contributed by atoms with Crippen LogP contribution in [0.25, 0.3) is 0 Å². The van der Waals surface area contributed by atoms with Gasteiger partial charge in [-0.15, -0.1) is 22.7 Å². The van der Waals surface area contributed by atoms with E-state index in [1.165, 1.54) is 36.9 Å². The Morgan fingerprint density at radius 1 is 0.960 bits per heavy atom. The summed E-state index contributed by atoms with van der Waals surface area (Å²) < 4.78 is 10.1. The second kappa shape index (κ2) is 7.09. The SMILES string of the molecule is COC(=O)C1(C(=O)OC)C(c2cccs2)CC(=O)CC1c1cccs1. The first-order chi connectivity index (χ1) is 12.1. The molecule has 2 aromatic heterocycles. The summed E-state index contributed by atoms with van der Waals surface area (Å²) in [5.41, 5.74) is -1.56. The highest BCUT2D eigenvalue weighted by molar-refractivity contribution is 7.10.